The largest absolute Gasteiger partial charge is 0.472 e. The fourth-order valence-corrected chi connectivity index (χ4v) is 23.3. The molecule has 15 rings (SSSR count). The number of fused-ring (bicyclic) bond motifs is 3. The molecular weight excluding hydrogens is 2070 g/mol. The molecule has 9 unspecified atom stereocenters. The normalized spacial score (nSPS) is 29.7. The standard InChI is InChI=1S/C74H105N22O37P5S4/c1-10-37-38(19-45(123-37)94-30-82-48-61(94)85-71(77)87-65(48)100)129-135(106,139)119-24-40-39(20-46(124-40)95-31-83-49-62(95)86-72(78)88-66(49)101)130-136(107,140)121-27-43-51(55(115-16-12-111-7)70(128-43)96-32-81-47-59(76)79-29-80-60(47)96)131-134(104,105)118-26-42-52(56(116-17-13-112-8)68(126-42)92-22-34(3)63(98)89-73(92)102)132-138(109,142)122-28-44-53(57(117-18-14-113-9)69(127-44)93-23-35(4)64(99)90-74(93)103)133-137(108,141)120-25-41-50(97)54(114-15-11-110-6)67(125-41)91-21-33(2)58(75)84-36(91)5/h21-23,29-32,37-46,50-57,67-70,97H,5,10-20,24-28H2,1-4,6-9H3,(H2,75,84)(H,104,105)(H,106,139)(H,107,140)(H,108,141)(H,109,142)(H2,76,79,80)(H,89,98,102)(H,90,99,103)(H3,77,85,87,100)(H3,78,86,88,101)/t37-,38-,39-,40-,41-,42-,43-,44-,45-,46-,50+,51+,52+,53+,54?,55?,56?,57?,67-,68-,69-,70-,135?,136?,137?,138?/m1/s1. The molecule has 27 atom stereocenters. The fourth-order valence-electron chi connectivity index (χ4n) is 16.5. The molecule has 0 aliphatic carbocycles. The molecule has 8 aromatic heterocycles. The number of nitrogens with two attached hydrogens (primary N) is 4. The zero-order chi connectivity index (χ0) is 102. The van der Waals surface area contributed by atoms with Crippen LogP contribution in [0.4, 0.5) is 17.7 Å². The number of hydrogen-bond acceptors (Lipinski definition) is 49. The van der Waals surface area contributed by atoms with Crippen molar-refractivity contribution in [1.29, 1.82) is 0 Å². The number of nitrogen functional groups attached to an aromatic ring is 3. The van der Waals surface area contributed by atoms with Crippen LogP contribution in [0.3, 0.4) is 0 Å². The lowest BCUT2D eigenvalue weighted by Crippen LogP contribution is -2.44. The highest BCUT2D eigenvalue weighted by molar-refractivity contribution is 8.08. The zero-order valence-corrected chi connectivity index (χ0v) is 84.3. The quantitative estimate of drug-likeness (QED) is 0.0152. The molecule has 18 N–H and O–H groups in total. The number of nitrogens with zero attached hydrogens (tertiary/aromatic N) is 14. The van der Waals surface area contributed by atoms with Crippen LogP contribution in [0.1, 0.15) is 75.4 Å². The van der Waals surface area contributed by atoms with E-state index in [0.29, 0.717) is 12.0 Å². The van der Waals surface area contributed by atoms with Crippen LogP contribution in [-0.2, 0) is 163 Å². The number of phosphoric acid groups is 1. The van der Waals surface area contributed by atoms with Gasteiger partial charge in [0, 0.05) is 76.6 Å². The van der Waals surface area contributed by atoms with Crippen LogP contribution in [0, 0.1) is 13.8 Å². The van der Waals surface area contributed by atoms with Crippen molar-refractivity contribution >= 4 is 139 Å². The van der Waals surface area contributed by atoms with Gasteiger partial charge in [-0.3, -0.25) is 80.0 Å². The number of ether oxygens (including phenoxy) is 14. The van der Waals surface area contributed by atoms with Gasteiger partial charge in [-0.25, -0.2) is 44.1 Å². The van der Waals surface area contributed by atoms with Gasteiger partial charge in [-0.15, -0.1) is 0 Å². The third-order valence-corrected chi connectivity index (χ3v) is 30.5. The second kappa shape index (κ2) is 46.0. The molecule has 142 heavy (non-hydrogen) atoms. The summed E-state index contributed by atoms with van der Waals surface area (Å²) in [7, 11) is -0.366. The van der Waals surface area contributed by atoms with Gasteiger partial charge < -0.3 is 151 Å². The summed E-state index contributed by atoms with van der Waals surface area (Å²) < 4.78 is 168. The first kappa shape index (κ1) is 109. The third kappa shape index (κ3) is 25.0. The van der Waals surface area contributed by atoms with E-state index in [2.05, 4.69) is 66.4 Å². The molecular formula is C74H105N22O37P5S4. The van der Waals surface area contributed by atoms with Crippen molar-refractivity contribution in [3.63, 3.8) is 0 Å². The fraction of sp³-hybridized carbons (Fsp3) is 0.622. The smallest absolute Gasteiger partial charge is 0.387 e. The second-order valence-electron chi connectivity index (χ2n) is 32.7. The van der Waals surface area contributed by atoms with Crippen LogP contribution >= 0.6 is 34.7 Å². The van der Waals surface area contributed by atoms with Gasteiger partial charge in [-0.1, -0.05) is 13.5 Å². The van der Waals surface area contributed by atoms with E-state index in [0.717, 1.165) is 27.9 Å². The molecule has 68 heteroatoms. The first-order valence-corrected chi connectivity index (χ1v) is 55.2. The van der Waals surface area contributed by atoms with E-state index in [-0.39, 0.29) is 140 Å². The Kier molecular flexibility index (Phi) is 35.2. The average Bonchev–Trinajstić information content (AvgIpc) is 1.61. The highest BCUT2D eigenvalue weighted by Crippen LogP contribution is 2.58. The molecule has 0 bridgehead atoms. The maximum absolute atomic E-state index is 15.4. The summed E-state index contributed by atoms with van der Waals surface area (Å²) in [5.74, 6) is -0.294. The molecule has 0 saturated carbocycles. The van der Waals surface area contributed by atoms with Crippen molar-refractivity contribution in [2.45, 2.75) is 182 Å². The number of imidazole rings is 3. The van der Waals surface area contributed by atoms with E-state index in [1.165, 1.54) is 79.9 Å². The summed E-state index contributed by atoms with van der Waals surface area (Å²) in [6.45, 7) is -14.6. The zero-order valence-electron chi connectivity index (χ0n) is 76.5. The van der Waals surface area contributed by atoms with E-state index in [4.69, 9.17) is 182 Å². The number of phosphoric ester groups is 1. The summed E-state index contributed by atoms with van der Waals surface area (Å²) in [5.41, 5.74) is 19.6. The number of anilines is 3. The molecule has 59 nitrogen and oxygen atoms in total. The van der Waals surface area contributed by atoms with Crippen LogP contribution < -0.4 is 56.6 Å². The monoisotopic (exact) mass is 2180 g/mol. The topological polar surface area (TPSA) is 760 Å². The maximum Gasteiger partial charge on any atom is 0.472 e. The molecule has 7 aliphatic rings. The van der Waals surface area contributed by atoms with Crippen LogP contribution in [0.25, 0.3) is 33.5 Å². The highest BCUT2D eigenvalue weighted by atomic mass is 32.5. The van der Waals surface area contributed by atoms with Gasteiger partial charge in [0.25, 0.3) is 22.2 Å². The Morgan fingerprint density at radius 1 is 0.451 bits per heavy atom. The molecule has 0 spiro atoms. The Hall–Kier alpha value is -7.61. The Morgan fingerprint density at radius 3 is 1.31 bits per heavy atom. The molecule has 782 valence electrons. The van der Waals surface area contributed by atoms with Gasteiger partial charge in [0.2, 0.25) is 11.9 Å². The van der Waals surface area contributed by atoms with Crippen LogP contribution in [0.15, 0.2) is 95.6 Å². The van der Waals surface area contributed by atoms with Crippen molar-refractivity contribution in [2.24, 2.45) is 10.7 Å². The van der Waals surface area contributed by atoms with E-state index in [9.17, 15) is 58.3 Å². The molecule has 0 radical (unpaired) electrons. The second-order valence-corrected chi connectivity index (χ2v) is 45.3. The van der Waals surface area contributed by atoms with Crippen LogP contribution in [-0.4, -0.2) is 336 Å². The average molecular weight is 2180 g/mol. The lowest BCUT2D eigenvalue weighted by molar-refractivity contribution is -0.0936. The Balaban J connectivity index is 0.702. The lowest BCUT2D eigenvalue weighted by atomic mass is 10.1. The van der Waals surface area contributed by atoms with Crippen molar-refractivity contribution in [3.05, 3.63) is 135 Å². The number of nitrogens with one attached hydrogen (secondary N) is 4. The number of rotatable bonds is 48. The Morgan fingerprint density at radius 2 is 0.845 bits per heavy atom. The SMILES string of the molecule is C=C1N=C(N)C(C)=CN1[C@@H]1O[C@H](COP(O)(=S)O[C@@H]2C(OCCOC)[C@H](n3cc(C)c(=O)[nH]c3=O)O[C@@H]2COP(O)(=S)O[C@@H]2C(OCCOC)[C@H](n3cc(C)c(=O)[nH]c3=O)O[C@@H]2COP(=O)(O)O[C@@H]2C(OCCOC)[C@H](n3cnc4c(N)ncnc43)O[C@@H]2COP(O)(=S)O[C@@H]2C[C@H](n3cnc4c(=O)[nH]c(N)nc43)O[C@@H]2COP(O)(=S)O[C@@H]2C[C@H](n3cnc4c(=O)[nH]c(N)nc43)O[C@@H]2CC)[C@H](O)C1OCCOC. The van der Waals surface area contributed by atoms with Gasteiger partial charge in [-0.2, -0.15) is 9.97 Å². The van der Waals surface area contributed by atoms with E-state index < -0.39 is 236 Å². The number of methoxy groups -OCH3 is 4. The van der Waals surface area contributed by atoms with Crippen molar-refractivity contribution in [1.82, 2.24) is 82.6 Å². The Labute approximate surface area is 822 Å². The van der Waals surface area contributed by atoms with Crippen LogP contribution in [0.2, 0.25) is 0 Å². The molecule has 0 amide bonds. The minimum atomic E-state index is -5.83. The predicted octanol–water partition coefficient (Wildman–Crippen LogP) is -1.53. The minimum absolute atomic E-state index is 0.00596. The maximum atomic E-state index is 15.4. The van der Waals surface area contributed by atoms with Crippen molar-refractivity contribution in [3.8, 4) is 0 Å². The van der Waals surface area contributed by atoms with E-state index in [1.807, 2.05) is 0 Å². The molecule has 6 fully saturated rings. The lowest BCUT2D eigenvalue weighted by Gasteiger charge is -2.33. The number of aliphatic hydroxyl groups excluding tert-OH is 1. The predicted molar refractivity (Wildman–Crippen MR) is 504 cm³/mol. The van der Waals surface area contributed by atoms with Gasteiger partial charge in [-0.05, 0) is 74.4 Å². The third-order valence-electron chi connectivity index (χ3n) is 23.2. The number of amidine groups is 1. The summed E-state index contributed by atoms with van der Waals surface area (Å²) in [6.07, 6.45) is -23.8. The number of aromatic nitrogens is 16. The van der Waals surface area contributed by atoms with Crippen molar-refractivity contribution in [2.75, 3.05) is 132 Å². The first-order chi connectivity index (χ1) is 67.5. The van der Waals surface area contributed by atoms with Gasteiger partial charge in [0.1, 0.15) is 115 Å². The summed E-state index contributed by atoms with van der Waals surface area (Å²) in [4.78, 5) is 186. The summed E-state index contributed by atoms with van der Waals surface area (Å²) in [5, 5.41) is 11.9. The van der Waals surface area contributed by atoms with Crippen molar-refractivity contribution < 1.29 is 146 Å². The number of aromatic amines is 4. The number of H-pyrrole nitrogens is 4. The van der Waals surface area contributed by atoms with E-state index in [1.54, 1.807) is 20.0 Å². The number of aryl methyl sites for hydroxylation is 2. The number of aliphatic imine (C=N–C) groups is 1. The van der Waals surface area contributed by atoms with Gasteiger partial charge in [0.05, 0.1) is 123 Å². The molecule has 7 aliphatic heterocycles. The van der Waals surface area contributed by atoms with Gasteiger partial charge in [0.15, 0.2) is 58.7 Å². The molecule has 0 aromatic carbocycles. The van der Waals surface area contributed by atoms with Crippen LogP contribution in [0.5, 0.6) is 0 Å². The molecule has 15 heterocycles. The van der Waals surface area contributed by atoms with Gasteiger partial charge >= 0.3 is 46.1 Å². The molecule has 6 saturated heterocycles. The molecule has 8 aromatic rings. The summed E-state index contributed by atoms with van der Waals surface area (Å²) >= 11 is 22.9. The number of aliphatic hydroxyl groups is 1. The highest BCUT2D eigenvalue weighted by Gasteiger charge is 2.58. The first-order valence-electron chi connectivity index (χ1n) is 43.3. The number of hydrogen-bond donors (Lipinski definition) is 14. The van der Waals surface area contributed by atoms with E-state index >= 15 is 4.57 Å². The summed E-state index contributed by atoms with van der Waals surface area (Å²) in [6, 6.07) is 0. The Bertz CT molecular complexity index is 6600. The minimum Gasteiger partial charge on any atom is -0.387 e.